The second kappa shape index (κ2) is 9.37. The van der Waals surface area contributed by atoms with Crippen molar-refractivity contribution in [2.24, 2.45) is 5.92 Å². The lowest BCUT2D eigenvalue weighted by Gasteiger charge is -2.09. The van der Waals surface area contributed by atoms with E-state index in [2.05, 4.69) is 31.4 Å². The quantitative estimate of drug-likeness (QED) is 0.716. The van der Waals surface area contributed by atoms with Gasteiger partial charge in [0.1, 0.15) is 0 Å². The summed E-state index contributed by atoms with van der Waals surface area (Å²) in [6.45, 7) is 8.43. The van der Waals surface area contributed by atoms with E-state index in [9.17, 15) is 4.79 Å². The molecule has 0 radical (unpaired) electrons. The van der Waals surface area contributed by atoms with E-state index in [4.69, 9.17) is 4.74 Å². The van der Waals surface area contributed by atoms with Crippen LogP contribution in [0, 0.1) is 5.92 Å². The highest BCUT2D eigenvalue weighted by atomic mass is 16.5. The van der Waals surface area contributed by atoms with Gasteiger partial charge in [0.15, 0.2) is 0 Å². The number of carbonyl (C=O) groups excluding carboxylic acids is 1. The summed E-state index contributed by atoms with van der Waals surface area (Å²) in [5, 5.41) is 5.63. The highest BCUT2D eigenvalue weighted by Crippen LogP contribution is 2.09. The van der Waals surface area contributed by atoms with Crippen molar-refractivity contribution >= 4 is 11.7 Å². The minimum Gasteiger partial charge on any atom is -0.381 e. The van der Waals surface area contributed by atoms with E-state index in [-0.39, 0.29) is 6.03 Å². The SMILES string of the molecule is CCc1ccc(NC(=O)NCCCOCC(C)C)cc1. The minimum atomic E-state index is -0.168. The Hall–Kier alpha value is -1.55. The number of urea groups is 1. The Balaban J connectivity index is 2.13. The van der Waals surface area contributed by atoms with Gasteiger partial charge >= 0.3 is 6.03 Å². The molecule has 1 rings (SSSR count). The third-order valence-electron chi connectivity index (χ3n) is 2.82. The van der Waals surface area contributed by atoms with E-state index in [1.807, 2.05) is 24.3 Å². The fourth-order valence-electron chi connectivity index (χ4n) is 1.69. The molecule has 1 aromatic rings. The molecule has 0 spiro atoms. The molecule has 0 aliphatic carbocycles. The van der Waals surface area contributed by atoms with Gasteiger partial charge in [-0.2, -0.15) is 0 Å². The molecule has 0 unspecified atom stereocenters. The molecule has 2 amide bonds. The summed E-state index contributed by atoms with van der Waals surface area (Å²) in [5.74, 6) is 0.553. The van der Waals surface area contributed by atoms with E-state index in [0.29, 0.717) is 19.1 Å². The lowest BCUT2D eigenvalue weighted by atomic mass is 10.1. The lowest BCUT2D eigenvalue weighted by molar-refractivity contribution is 0.108. The molecule has 112 valence electrons. The molecule has 0 heterocycles. The highest BCUT2D eigenvalue weighted by molar-refractivity contribution is 5.89. The van der Waals surface area contributed by atoms with Crippen LogP contribution in [0.4, 0.5) is 10.5 Å². The summed E-state index contributed by atoms with van der Waals surface area (Å²) in [7, 11) is 0. The van der Waals surface area contributed by atoms with Gasteiger partial charge in [-0.15, -0.1) is 0 Å². The van der Waals surface area contributed by atoms with Crippen molar-refractivity contribution in [1.29, 1.82) is 0 Å². The molecule has 0 fully saturated rings. The van der Waals surface area contributed by atoms with Gasteiger partial charge in [0.05, 0.1) is 0 Å². The fraction of sp³-hybridized carbons (Fsp3) is 0.562. The molecular weight excluding hydrogens is 252 g/mol. The first-order valence-electron chi connectivity index (χ1n) is 7.33. The minimum absolute atomic E-state index is 0.168. The molecule has 0 atom stereocenters. The Labute approximate surface area is 121 Å². The Kier molecular flexibility index (Phi) is 7.73. The van der Waals surface area contributed by atoms with Crippen LogP contribution in [-0.2, 0) is 11.2 Å². The number of rotatable bonds is 8. The first-order chi connectivity index (χ1) is 9.61. The zero-order chi connectivity index (χ0) is 14.8. The van der Waals surface area contributed by atoms with Crippen LogP contribution in [0.5, 0.6) is 0 Å². The third kappa shape index (κ3) is 7.14. The average molecular weight is 278 g/mol. The molecule has 0 saturated heterocycles. The van der Waals surface area contributed by atoms with Crippen LogP contribution in [0.25, 0.3) is 0 Å². The molecule has 4 heteroatoms. The number of aryl methyl sites for hydroxylation is 1. The van der Waals surface area contributed by atoms with E-state index in [1.165, 1.54) is 5.56 Å². The summed E-state index contributed by atoms with van der Waals surface area (Å²) in [6, 6.07) is 7.72. The zero-order valence-electron chi connectivity index (χ0n) is 12.7. The lowest BCUT2D eigenvalue weighted by Crippen LogP contribution is -2.30. The summed E-state index contributed by atoms with van der Waals surface area (Å²) in [4.78, 5) is 11.6. The standard InChI is InChI=1S/C16H26N2O2/c1-4-14-6-8-15(9-7-14)18-16(19)17-10-5-11-20-12-13(2)3/h6-9,13H,4-5,10-12H2,1-3H3,(H2,17,18,19). The first kappa shape index (κ1) is 16.5. The van der Waals surface area contributed by atoms with Crippen molar-refractivity contribution in [2.45, 2.75) is 33.6 Å². The second-order valence-electron chi connectivity index (χ2n) is 5.25. The summed E-state index contributed by atoms with van der Waals surface area (Å²) < 4.78 is 5.45. The van der Waals surface area contributed by atoms with E-state index in [0.717, 1.165) is 25.1 Å². The monoisotopic (exact) mass is 278 g/mol. The van der Waals surface area contributed by atoms with Gasteiger partial charge in [-0.25, -0.2) is 4.79 Å². The zero-order valence-corrected chi connectivity index (χ0v) is 12.7. The van der Waals surface area contributed by atoms with Crippen molar-refractivity contribution in [3.63, 3.8) is 0 Å². The van der Waals surface area contributed by atoms with Gasteiger partial charge in [-0.3, -0.25) is 0 Å². The van der Waals surface area contributed by atoms with Crippen LogP contribution in [0.3, 0.4) is 0 Å². The van der Waals surface area contributed by atoms with Crippen molar-refractivity contribution in [3.8, 4) is 0 Å². The Bertz CT molecular complexity index is 388. The molecule has 0 aromatic heterocycles. The Morgan fingerprint density at radius 3 is 2.55 bits per heavy atom. The van der Waals surface area contributed by atoms with Crippen LogP contribution in [-0.4, -0.2) is 25.8 Å². The van der Waals surface area contributed by atoms with Crippen molar-refractivity contribution in [1.82, 2.24) is 5.32 Å². The predicted molar refractivity (Wildman–Crippen MR) is 83.1 cm³/mol. The van der Waals surface area contributed by atoms with Gasteiger partial charge < -0.3 is 15.4 Å². The van der Waals surface area contributed by atoms with Crippen LogP contribution in [0.1, 0.15) is 32.8 Å². The van der Waals surface area contributed by atoms with Gasteiger partial charge in [0.25, 0.3) is 0 Å². The number of benzene rings is 1. The number of nitrogens with one attached hydrogen (secondary N) is 2. The molecule has 4 nitrogen and oxygen atoms in total. The van der Waals surface area contributed by atoms with Crippen LogP contribution in [0.2, 0.25) is 0 Å². The largest absolute Gasteiger partial charge is 0.381 e. The molecule has 0 aliphatic heterocycles. The summed E-state index contributed by atoms with van der Waals surface area (Å²) in [5.41, 5.74) is 2.08. The van der Waals surface area contributed by atoms with Crippen LogP contribution >= 0.6 is 0 Å². The van der Waals surface area contributed by atoms with E-state index < -0.39 is 0 Å². The fourth-order valence-corrected chi connectivity index (χ4v) is 1.69. The first-order valence-corrected chi connectivity index (χ1v) is 7.33. The van der Waals surface area contributed by atoms with Gasteiger partial charge in [-0.05, 0) is 36.5 Å². The number of anilines is 1. The van der Waals surface area contributed by atoms with Gasteiger partial charge in [0.2, 0.25) is 0 Å². The third-order valence-corrected chi connectivity index (χ3v) is 2.82. The van der Waals surface area contributed by atoms with Crippen LogP contribution in [0.15, 0.2) is 24.3 Å². The molecule has 20 heavy (non-hydrogen) atoms. The van der Waals surface area contributed by atoms with Crippen molar-refractivity contribution in [3.05, 3.63) is 29.8 Å². The normalized spacial score (nSPS) is 10.6. The van der Waals surface area contributed by atoms with Crippen LogP contribution < -0.4 is 10.6 Å². The summed E-state index contributed by atoms with van der Waals surface area (Å²) in [6.07, 6.45) is 1.83. The molecule has 0 saturated carbocycles. The molecule has 0 aliphatic rings. The molecule has 0 bridgehead atoms. The second-order valence-corrected chi connectivity index (χ2v) is 5.25. The molecule has 2 N–H and O–H groups in total. The molecular formula is C16H26N2O2. The molecule has 1 aromatic carbocycles. The van der Waals surface area contributed by atoms with E-state index in [1.54, 1.807) is 0 Å². The smallest absolute Gasteiger partial charge is 0.319 e. The Morgan fingerprint density at radius 1 is 1.25 bits per heavy atom. The van der Waals surface area contributed by atoms with Gasteiger partial charge in [-0.1, -0.05) is 32.9 Å². The number of amides is 2. The van der Waals surface area contributed by atoms with E-state index >= 15 is 0 Å². The van der Waals surface area contributed by atoms with Crippen molar-refractivity contribution < 1.29 is 9.53 Å². The number of ether oxygens (including phenoxy) is 1. The van der Waals surface area contributed by atoms with Gasteiger partial charge in [0, 0.05) is 25.4 Å². The topological polar surface area (TPSA) is 50.4 Å². The number of hydrogen-bond donors (Lipinski definition) is 2. The predicted octanol–water partition coefficient (Wildman–Crippen LogP) is 3.43. The number of carbonyl (C=O) groups is 1. The maximum Gasteiger partial charge on any atom is 0.319 e. The maximum atomic E-state index is 11.6. The number of hydrogen-bond acceptors (Lipinski definition) is 2. The highest BCUT2D eigenvalue weighted by Gasteiger charge is 2.01. The maximum absolute atomic E-state index is 11.6. The van der Waals surface area contributed by atoms with Crippen molar-refractivity contribution in [2.75, 3.05) is 25.1 Å². The summed E-state index contributed by atoms with van der Waals surface area (Å²) >= 11 is 0. The Morgan fingerprint density at radius 2 is 1.95 bits per heavy atom. The average Bonchev–Trinajstić information content (AvgIpc) is 2.43.